The molecule has 1 aromatic heterocycles. The second-order valence-corrected chi connectivity index (χ2v) is 12.1. The summed E-state index contributed by atoms with van der Waals surface area (Å²) in [4.78, 5) is 35.4. The molecule has 13 heteroatoms. The van der Waals surface area contributed by atoms with E-state index < -0.39 is 23.1 Å². The molecule has 0 radical (unpaired) electrons. The van der Waals surface area contributed by atoms with Crippen LogP contribution in [0.2, 0.25) is 5.02 Å². The topological polar surface area (TPSA) is 124 Å². The molecule has 238 valence electrons. The summed E-state index contributed by atoms with van der Waals surface area (Å²) in [6.45, 7) is 6.15. The van der Waals surface area contributed by atoms with Crippen LogP contribution in [0.25, 0.3) is 10.9 Å². The van der Waals surface area contributed by atoms with Gasteiger partial charge in [0.1, 0.15) is 23.3 Å². The van der Waals surface area contributed by atoms with E-state index in [1.54, 1.807) is 31.3 Å². The van der Waals surface area contributed by atoms with Crippen molar-refractivity contribution < 1.29 is 32.9 Å². The minimum Gasteiger partial charge on any atom is -0.493 e. The van der Waals surface area contributed by atoms with Gasteiger partial charge in [0, 0.05) is 31.6 Å². The summed E-state index contributed by atoms with van der Waals surface area (Å²) < 4.78 is 37.2. The quantitative estimate of drug-likeness (QED) is 0.263. The molecule has 1 aliphatic rings. The lowest BCUT2D eigenvalue weighted by Gasteiger charge is -2.39. The first kappa shape index (κ1) is 33.0. The third kappa shape index (κ3) is 7.78. The number of nitrogens with one attached hydrogen (secondary N) is 2. The Balaban J connectivity index is 1.46. The molecule has 1 saturated carbocycles. The summed E-state index contributed by atoms with van der Waals surface area (Å²) in [5, 5.41) is 6.92. The van der Waals surface area contributed by atoms with Crippen LogP contribution >= 0.6 is 11.6 Å². The number of aromatic nitrogens is 2. The Morgan fingerprint density at radius 2 is 1.86 bits per heavy atom. The first-order valence-corrected chi connectivity index (χ1v) is 14.7. The molecule has 0 saturated heterocycles. The van der Waals surface area contributed by atoms with Crippen LogP contribution in [0.15, 0.2) is 36.7 Å². The summed E-state index contributed by atoms with van der Waals surface area (Å²) in [5.74, 6) is 0.362. The van der Waals surface area contributed by atoms with Gasteiger partial charge in [-0.25, -0.2) is 19.2 Å². The number of halogens is 2. The number of carbonyl (C=O) groups excluding carboxylic acids is 2. The van der Waals surface area contributed by atoms with Crippen molar-refractivity contribution in [3.8, 4) is 11.5 Å². The van der Waals surface area contributed by atoms with Crippen LogP contribution < -0.4 is 20.1 Å². The number of rotatable bonds is 10. The van der Waals surface area contributed by atoms with Gasteiger partial charge in [0.25, 0.3) is 0 Å². The van der Waals surface area contributed by atoms with Crippen LogP contribution in [0.4, 0.5) is 20.7 Å². The largest absolute Gasteiger partial charge is 0.493 e. The van der Waals surface area contributed by atoms with Crippen LogP contribution in [0, 0.1) is 5.82 Å². The van der Waals surface area contributed by atoms with Crippen molar-refractivity contribution in [2.75, 3.05) is 39.7 Å². The second kappa shape index (κ2) is 13.8. The van der Waals surface area contributed by atoms with Crippen molar-refractivity contribution in [3.63, 3.8) is 0 Å². The highest BCUT2D eigenvalue weighted by atomic mass is 35.5. The first-order valence-electron chi connectivity index (χ1n) is 14.3. The standard InChI is InChI=1S/C31H39ClFN5O6/c1-30(2,3)44-29(40)38(4)15-14-36-31(28(39)42-6)12-10-19(11-13-31)43-25-16-20-23(17-24(25)41-5)34-18-35-27(20)37-22-9-7-8-21(32)26(22)33/h7-9,16-19,36H,10-15H2,1-6H3,(H,34,35,37)/t19-,31+. The maximum Gasteiger partial charge on any atom is 0.410 e. The number of amides is 1. The summed E-state index contributed by atoms with van der Waals surface area (Å²) in [7, 11) is 4.56. The van der Waals surface area contributed by atoms with E-state index in [0.717, 1.165) is 0 Å². The fourth-order valence-corrected chi connectivity index (χ4v) is 5.24. The molecular weight excluding hydrogens is 593 g/mol. The van der Waals surface area contributed by atoms with E-state index >= 15 is 0 Å². The fraction of sp³-hybridized carbons (Fsp3) is 0.484. The van der Waals surface area contributed by atoms with Gasteiger partial charge in [0.2, 0.25) is 0 Å². The van der Waals surface area contributed by atoms with Crippen LogP contribution in [0.5, 0.6) is 11.5 Å². The van der Waals surface area contributed by atoms with Gasteiger partial charge in [-0.2, -0.15) is 0 Å². The van der Waals surface area contributed by atoms with E-state index in [-0.39, 0.29) is 22.8 Å². The predicted molar refractivity (Wildman–Crippen MR) is 165 cm³/mol. The highest BCUT2D eigenvalue weighted by Crippen LogP contribution is 2.39. The number of likely N-dealkylation sites (N-methyl/N-ethyl adjacent to an activating group) is 1. The third-order valence-corrected chi connectivity index (χ3v) is 7.69. The Bertz CT molecular complexity index is 1490. The maximum absolute atomic E-state index is 14.6. The van der Waals surface area contributed by atoms with E-state index in [4.69, 9.17) is 30.5 Å². The number of nitrogens with zero attached hydrogens (tertiary/aromatic N) is 3. The molecule has 0 unspecified atom stereocenters. The molecule has 2 N–H and O–H groups in total. The molecule has 4 rings (SSSR count). The van der Waals surface area contributed by atoms with Gasteiger partial charge >= 0.3 is 12.1 Å². The lowest BCUT2D eigenvalue weighted by atomic mass is 9.80. The highest BCUT2D eigenvalue weighted by Gasteiger charge is 2.43. The Morgan fingerprint density at radius 3 is 2.52 bits per heavy atom. The van der Waals surface area contributed by atoms with Crippen molar-refractivity contribution in [1.29, 1.82) is 0 Å². The SMILES string of the molecule is COc1cc2ncnc(Nc3cccc(Cl)c3F)c2cc1O[C@H]1CC[C@](NCCN(C)C(=O)OC(C)(C)C)(C(=O)OC)CC1. The van der Waals surface area contributed by atoms with Gasteiger partial charge in [-0.1, -0.05) is 17.7 Å². The molecule has 3 aromatic rings. The average molecular weight is 632 g/mol. The van der Waals surface area contributed by atoms with Gasteiger partial charge < -0.3 is 34.5 Å². The lowest BCUT2D eigenvalue weighted by Crippen LogP contribution is -2.57. The fourth-order valence-electron chi connectivity index (χ4n) is 5.07. The van der Waals surface area contributed by atoms with Crippen LogP contribution in [-0.4, -0.2) is 78.5 Å². The summed E-state index contributed by atoms with van der Waals surface area (Å²) in [6, 6.07) is 8.16. The van der Waals surface area contributed by atoms with Crippen LogP contribution in [-0.2, 0) is 14.3 Å². The zero-order chi connectivity index (χ0) is 32.1. The number of anilines is 2. The molecule has 0 atom stereocenters. The minimum absolute atomic E-state index is 0.0102. The molecule has 1 heterocycles. The maximum atomic E-state index is 14.6. The van der Waals surface area contributed by atoms with Crippen LogP contribution in [0.3, 0.4) is 0 Å². The zero-order valence-electron chi connectivity index (χ0n) is 25.8. The minimum atomic E-state index is -0.914. The number of methoxy groups -OCH3 is 2. The Hall–Kier alpha value is -3.90. The van der Waals surface area contributed by atoms with Crippen molar-refractivity contribution in [2.45, 2.75) is 63.7 Å². The normalized spacial score (nSPS) is 18.4. The summed E-state index contributed by atoms with van der Waals surface area (Å²) in [6.07, 6.45) is 2.73. The zero-order valence-corrected chi connectivity index (χ0v) is 26.6. The summed E-state index contributed by atoms with van der Waals surface area (Å²) >= 11 is 5.96. The number of hydrogen-bond donors (Lipinski definition) is 2. The van der Waals surface area contributed by atoms with Gasteiger partial charge in [-0.3, -0.25) is 4.79 Å². The number of fused-ring (bicyclic) bond motifs is 1. The van der Waals surface area contributed by atoms with E-state index in [1.807, 2.05) is 20.8 Å². The van der Waals surface area contributed by atoms with Crippen molar-refractivity contribution >= 4 is 46.1 Å². The number of benzene rings is 2. The Labute approximate surface area is 261 Å². The molecule has 0 spiro atoms. The molecular formula is C31H39ClFN5O6. The molecule has 11 nitrogen and oxygen atoms in total. The predicted octanol–water partition coefficient (Wildman–Crippen LogP) is 5.86. The molecule has 1 amide bonds. The van der Waals surface area contributed by atoms with Crippen molar-refractivity contribution in [3.05, 3.63) is 47.5 Å². The van der Waals surface area contributed by atoms with Gasteiger partial charge in [-0.15, -0.1) is 0 Å². The average Bonchev–Trinajstić information content (AvgIpc) is 2.99. The Kier molecular flexibility index (Phi) is 10.4. The summed E-state index contributed by atoms with van der Waals surface area (Å²) in [5.41, 5.74) is -0.768. The third-order valence-electron chi connectivity index (χ3n) is 7.40. The first-order chi connectivity index (χ1) is 20.9. The van der Waals surface area contributed by atoms with E-state index in [2.05, 4.69) is 20.6 Å². The van der Waals surface area contributed by atoms with Gasteiger partial charge in [-0.05, 0) is 64.7 Å². The molecule has 1 fully saturated rings. The molecule has 0 bridgehead atoms. The number of ether oxygens (including phenoxy) is 4. The number of hydrogen-bond acceptors (Lipinski definition) is 10. The van der Waals surface area contributed by atoms with Gasteiger partial charge in [0.05, 0.1) is 36.6 Å². The van der Waals surface area contributed by atoms with Crippen LogP contribution in [0.1, 0.15) is 46.5 Å². The molecule has 44 heavy (non-hydrogen) atoms. The lowest BCUT2D eigenvalue weighted by molar-refractivity contribution is -0.151. The number of esters is 1. The van der Waals surface area contributed by atoms with E-state index in [0.29, 0.717) is 67.0 Å². The van der Waals surface area contributed by atoms with Crippen molar-refractivity contribution in [1.82, 2.24) is 20.2 Å². The van der Waals surface area contributed by atoms with E-state index in [9.17, 15) is 14.0 Å². The van der Waals surface area contributed by atoms with E-state index in [1.165, 1.54) is 31.5 Å². The monoisotopic (exact) mass is 631 g/mol. The van der Waals surface area contributed by atoms with Gasteiger partial charge in [0.15, 0.2) is 17.3 Å². The number of carbonyl (C=O) groups is 2. The molecule has 1 aliphatic carbocycles. The molecule has 0 aliphatic heterocycles. The molecule has 2 aromatic carbocycles. The smallest absolute Gasteiger partial charge is 0.410 e. The van der Waals surface area contributed by atoms with Crippen molar-refractivity contribution in [2.24, 2.45) is 0 Å². The highest BCUT2D eigenvalue weighted by molar-refractivity contribution is 6.31. The second-order valence-electron chi connectivity index (χ2n) is 11.7. The Morgan fingerprint density at radius 1 is 1.14 bits per heavy atom.